The second kappa shape index (κ2) is 4.87. The summed E-state index contributed by atoms with van der Waals surface area (Å²) in [6.45, 7) is 1.95. The van der Waals surface area contributed by atoms with Crippen molar-refractivity contribution in [2.75, 3.05) is 20.1 Å². The number of likely N-dealkylation sites (tertiary alicyclic amines) is 1. The molecule has 5 heteroatoms. The number of nitrogens with one attached hydrogen (secondary N) is 2. The van der Waals surface area contributed by atoms with Crippen molar-refractivity contribution in [1.29, 1.82) is 0 Å². The highest BCUT2D eigenvalue weighted by Gasteiger charge is 2.22. The van der Waals surface area contributed by atoms with Gasteiger partial charge in [-0.1, -0.05) is 17.7 Å². The topological polar surface area (TPSA) is 48.1 Å². The molecule has 0 radical (unpaired) electrons. The fraction of sp³-hybridized carbons (Fsp3) is 0.357. The SMILES string of the molecule is CN1CCC(NC(=O)c2cc3ccc(Cl)cc3[nH]2)C1. The molecule has 1 atom stereocenters. The summed E-state index contributed by atoms with van der Waals surface area (Å²) >= 11 is 5.93. The molecule has 1 aromatic carbocycles. The van der Waals surface area contributed by atoms with E-state index in [4.69, 9.17) is 11.6 Å². The molecule has 0 bridgehead atoms. The molecule has 1 unspecified atom stereocenters. The molecule has 0 spiro atoms. The molecular weight excluding hydrogens is 262 g/mol. The molecule has 2 aromatic rings. The molecule has 4 nitrogen and oxygen atoms in total. The highest BCUT2D eigenvalue weighted by atomic mass is 35.5. The van der Waals surface area contributed by atoms with E-state index in [-0.39, 0.29) is 11.9 Å². The summed E-state index contributed by atoms with van der Waals surface area (Å²) in [6.07, 6.45) is 1.01. The van der Waals surface area contributed by atoms with E-state index in [0.717, 1.165) is 30.4 Å². The molecule has 1 aliphatic rings. The zero-order valence-corrected chi connectivity index (χ0v) is 11.5. The predicted molar refractivity (Wildman–Crippen MR) is 76.7 cm³/mol. The summed E-state index contributed by atoms with van der Waals surface area (Å²) in [4.78, 5) is 17.5. The van der Waals surface area contributed by atoms with Crippen molar-refractivity contribution >= 4 is 28.4 Å². The van der Waals surface area contributed by atoms with E-state index >= 15 is 0 Å². The lowest BCUT2D eigenvalue weighted by Gasteiger charge is -2.11. The van der Waals surface area contributed by atoms with Gasteiger partial charge >= 0.3 is 0 Å². The van der Waals surface area contributed by atoms with Crippen LogP contribution in [0.5, 0.6) is 0 Å². The first-order valence-electron chi connectivity index (χ1n) is 6.39. The molecule has 1 aromatic heterocycles. The van der Waals surface area contributed by atoms with Crippen molar-refractivity contribution in [2.24, 2.45) is 0 Å². The van der Waals surface area contributed by atoms with Crippen LogP contribution in [-0.4, -0.2) is 42.0 Å². The van der Waals surface area contributed by atoms with E-state index in [9.17, 15) is 4.79 Å². The first kappa shape index (κ1) is 12.5. The lowest BCUT2D eigenvalue weighted by molar-refractivity contribution is 0.0934. The summed E-state index contributed by atoms with van der Waals surface area (Å²) in [5.41, 5.74) is 1.48. The van der Waals surface area contributed by atoms with Gasteiger partial charge in [-0.2, -0.15) is 0 Å². The van der Waals surface area contributed by atoms with Crippen molar-refractivity contribution in [2.45, 2.75) is 12.5 Å². The maximum absolute atomic E-state index is 12.2. The van der Waals surface area contributed by atoms with Crippen LogP contribution < -0.4 is 5.32 Å². The summed E-state index contributed by atoms with van der Waals surface area (Å²) in [5.74, 6) is -0.0485. The number of halogens is 1. The molecule has 0 saturated carbocycles. The van der Waals surface area contributed by atoms with E-state index < -0.39 is 0 Å². The monoisotopic (exact) mass is 277 g/mol. The van der Waals surface area contributed by atoms with E-state index in [2.05, 4.69) is 22.2 Å². The third-order valence-corrected chi connectivity index (χ3v) is 3.79. The third kappa shape index (κ3) is 2.60. The Morgan fingerprint density at radius 2 is 2.32 bits per heavy atom. The van der Waals surface area contributed by atoms with Crippen LogP contribution >= 0.6 is 11.6 Å². The number of rotatable bonds is 2. The van der Waals surface area contributed by atoms with E-state index in [1.54, 1.807) is 0 Å². The Kier molecular flexibility index (Phi) is 3.21. The van der Waals surface area contributed by atoms with Gasteiger partial charge in [0.25, 0.3) is 5.91 Å². The Hall–Kier alpha value is -1.52. The number of aromatic nitrogens is 1. The molecule has 1 saturated heterocycles. The number of carbonyl (C=O) groups excluding carboxylic acids is 1. The van der Waals surface area contributed by atoms with Crippen molar-refractivity contribution in [3.63, 3.8) is 0 Å². The lowest BCUT2D eigenvalue weighted by Crippen LogP contribution is -2.36. The van der Waals surface area contributed by atoms with Crippen LogP contribution in [0.15, 0.2) is 24.3 Å². The summed E-state index contributed by atoms with van der Waals surface area (Å²) in [7, 11) is 2.07. The van der Waals surface area contributed by atoms with Gasteiger partial charge in [-0.15, -0.1) is 0 Å². The third-order valence-electron chi connectivity index (χ3n) is 3.56. The molecule has 1 fully saturated rings. The van der Waals surface area contributed by atoms with Gasteiger partial charge in [-0.05, 0) is 38.2 Å². The molecule has 2 heterocycles. The number of H-pyrrole nitrogens is 1. The van der Waals surface area contributed by atoms with Crippen LogP contribution in [0.1, 0.15) is 16.9 Å². The van der Waals surface area contributed by atoms with Crippen molar-refractivity contribution < 1.29 is 4.79 Å². The molecule has 100 valence electrons. The molecule has 3 rings (SSSR count). The minimum atomic E-state index is -0.0485. The number of carbonyl (C=O) groups is 1. The van der Waals surface area contributed by atoms with Crippen LogP contribution in [0.2, 0.25) is 5.02 Å². The number of nitrogens with zero attached hydrogens (tertiary/aromatic N) is 1. The number of likely N-dealkylation sites (N-methyl/N-ethyl adjacent to an activating group) is 1. The van der Waals surface area contributed by atoms with Gasteiger partial charge in [0.05, 0.1) is 0 Å². The van der Waals surface area contributed by atoms with E-state index in [1.165, 1.54) is 0 Å². The Morgan fingerprint density at radius 1 is 1.47 bits per heavy atom. The number of fused-ring (bicyclic) bond motifs is 1. The zero-order valence-electron chi connectivity index (χ0n) is 10.7. The van der Waals surface area contributed by atoms with Gasteiger partial charge in [-0.3, -0.25) is 4.79 Å². The van der Waals surface area contributed by atoms with Gasteiger partial charge in [0.15, 0.2) is 0 Å². The number of amides is 1. The van der Waals surface area contributed by atoms with Gasteiger partial charge in [0, 0.05) is 28.5 Å². The standard InChI is InChI=1S/C14H16ClN3O/c1-18-5-4-11(8-18)16-14(19)13-6-9-2-3-10(15)7-12(9)17-13/h2-3,6-7,11,17H,4-5,8H2,1H3,(H,16,19). The average Bonchev–Trinajstić information content (AvgIpc) is 2.95. The predicted octanol–water partition coefficient (Wildman–Crippen LogP) is 2.26. The normalized spacial score (nSPS) is 20.0. The highest BCUT2D eigenvalue weighted by Crippen LogP contribution is 2.20. The number of hydrogen-bond acceptors (Lipinski definition) is 2. The fourth-order valence-corrected chi connectivity index (χ4v) is 2.71. The first-order chi connectivity index (χ1) is 9.11. The summed E-state index contributed by atoms with van der Waals surface area (Å²) < 4.78 is 0. The maximum atomic E-state index is 12.2. The number of benzene rings is 1. The van der Waals surface area contributed by atoms with Gasteiger partial charge in [0.2, 0.25) is 0 Å². The number of aromatic amines is 1. The summed E-state index contributed by atoms with van der Waals surface area (Å²) in [5, 5.41) is 4.72. The minimum Gasteiger partial charge on any atom is -0.350 e. The average molecular weight is 278 g/mol. The molecule has 1 aliphatic heterocycles. The lowest BCUT2D eigenvalue weighted by atomic mass is 10.2. The molecule has 1 amide bonds. The van der Waals surface area contributed by atoms with Gasteiger partial charge in [-0.25, -0.2) is 0 Å². The fourth-order valence-electron chi connectivity index (χ4n) is 2.54. The molecule has 19 heavy (non-hydrogen) atoms. The van der Waals surface area contributed by atoms with Gasteiger partial charge in [0.1, 0.15) is 5.69 Å². The van der Waals surface area contributed by atoms with Crippen molar-refractivity contribution in [1.82, 2.24) is 15.2 Å². The first-order valence-corrected chi connectivity index (χ1v) is 6.77. The molecule has 0 aliphatic carbocycles. The van der Waals surface area contributed by atoms with Gasteiger partial charge < -0.3 is 15.2 Å². The largest absolute Gasteiger partial charge is 0.350 e. The molecular formula is C14H16ClN3O. The second-order valence-electron chi connectivity index (χ2n) is 5.14. The number of hydrogen-bond donors (Lipinski definition) is 2. The Labute approximate surface area is 116 Å². The van der Waals surface area contributed by atoms with Crippen LogP contribution in [0.3, 0.4) is 0 Å². The Bertz CT molecular complexity index is 622. The van der Waals surface area contributed by atoms with E-state index in [0.29, 0.717) is 10.7 Å². The van der Waals surface area contributed by atoms with Crippen LogP contribution in [0, 0.1) is 0 Å². The van der Waals surface area contributed by atoms with E-state index in [1.807, 2.05) is 24.3 Å². The van der Waals surface area contributed by atoms with Crippen molar-refractivity contribution in [3.8, 4) is 0 Å². The maximum Gasteiger partial charge on any atom is 0.267 e. The van der Waals surface area contributed by atoms with Crippen molar-refractivity contribution in [3.05, 3.63) is 35.0 Å². The quantitative estimate of drug-likeness (QED) is 0.885. The molecule has 2 N–H and O–H groups in total. The minimum absolute atomic E-state index is 0.0485. The van der Waals surface area contributed by atoms with Crippen LogP contribution in [0.4, 0.5) is 0 Å². The smallest absolute Gasteiger partial charge is 0.267 e. The zero-order chi connectivity index (χ0) is 13.4. The highest BCUT2D eigenvalue weighted by molar-refractivity contribution is 6.31. The van der Waals surface area contributed by atoms with Crippen LogP contribution in [-0.2, 0) is 0 Å². The van der Waals surface area contributed by atoms with Crippen LogP contribution in [0.25, 0.3) is 10.9 Å². The Morgan fingerprint density at radius 3 is 3.05 bits per heavy atom. The second-order valence-corrected chi connectivity index (χ2v) is 5.57. The Balaban J connectivity index is 1.78. The summed E-state index contributed by atoms with van der Waals surface area (Å²) in [6, 6.07) is 7.67.